The Kier molecular flexibility index (Phi) is 3.79. The van der Waals surface area contributed by atoms with Crippen molar-refractivity contribution in [1.82, 2.24) is 0 Å². The Morgan fingerprint density at radius 2 is 1.30 bits per heavy atom. The predicted octanol–water partition coefficient (Wildman–Crippen LogP) is 3.78. The van der Waals surface area contributed by atoms with Gasteiger partial charge in [-0.2, -0.15) is 0 Å². The molecule has 0 spiro atoms. The molecular weight excluding hydrogens is 384 g/mol. The molecule has 6 heteroatoms. The molecule has 156 valence electrons. The Hall–Kier alpha value is -3.02. The van der Waals surface area contributed by atoms with Crippen molar-refractivity contribution in [3.63, 3.8) is 0 Å². The van der Waals surface area contributed by atoms with Crippen LogP contribution >= 0.6 is 0 Å². The molecule has 2 aromatic rings. The number of benzene rings is 2. The van der Waals surface area contributed by atoms with Crippen molar-refractivity contribution < 1.29 is 28.5 Å². The molecule has 2 aromatic carbocycles. The summed E-state index contributed by atoms with van der Waals surface area (Å²) in [5, 5.41) is 0. The summed E-state index contributed by atoms with van der Waals surface area (Å²) in [5.41, 5.74) is 0.230. The summed E-state index contributed by atoms with van der Waals surface area (Å²) >= 11 is 0. The highest BCUT2D eigenvalue weighted by atomic mass is 16.5. The van der Waals surface area contributed by atoms with E-state index in [0.29, 0.717) is 23.0 Å². The Morgan fingerprint density at radius 1 is 0.833 bits per heavy atom. The number of ether oxygens (including phenoxy) is 4. The van der Waals surface area contributed by atoms with Crippen molar-refractivity contribution in [2.24, 2.45) is 11.8 Å². The van der Waals surface area contributed by atoms with Crippen LogP contribution in [-0.4, -0.2) is 25.2 Å². The minimum Gasteiger partial charge on any atom is -0.497 e. The molecule has 0 aromatic heterocycles. The first kappa shape index (κ1) is 19.0. The van der Waals surface area contributed by atoms with Crippen molar-refractivity contribution >= 4 is 11.9 Å². The van der Waals surface area contributed by atoms with E-state index in [1.165, 1.54) is 0 Å². The van der Waals surface area contributed by atoms with E-state index in [2.05, 4.69) is 0 Å². The number of rotatable bonds is 3. The molecule has 5 rings (SSSR count). The molecular formula is C24H24O6. The van der Waals surface area contributed by atoms with Crippen LogP contribution in [0.2, 0.25) is 0 Å². The van der Waals surface area contributed by atoms with Crippen molar-refractivity contribution in [2.45, 2.75) is 44.6 Å². The number of fused-ring (bicyclic) bond motifs is 8. The van der Waals surface area contributed by atoms with Crippen molar-refractivity contribution in [3.8, 4) is 23.0 Å². The van der Waals surface area contributed by atoms with Crippen LogP contribution in [0.1, 0.15) is 38.8 Å². The van der Waals surface area contributed by atoms with E-state index < -0.39 is 22.7 Å². The number of methoxy groups -OCH3 is 1. The molecule has 0 amide bonds. The third-order valence-electron chi connectivity index (χ3n) is 6.97. The van der Waals surface area contributed by atoms with Crippen molar-refractivity contribution in [2.75, 3.05) is 7.11 Å². The number of carbonyl (C=O) groups excluding carboxylic acids is 2. The average molecular weight is 408 g/mol. The largest absolute Gasteiger partial charge is 0.497 e. The highest BCUT2D eigenvalue weighted by Crippen LogP contribution is 2.71. The van der Waals surface area contributed by atoms with E-state index in [1.54, 1.807) is 19.2 Å². The van der Waals surface area contributed by atoms with E-state index in [-0.39, 0.29) is 18.0 Å². The fraction of sp³-hybridized carbons (Fsp3) is 0.417. The summed E-state index contributed by atoms with van der Waals surface area (Å²) in [6, 6.07) is 10.9. The maximum Gasteiger partial charge on any atom is 0.316 e. The van der Waals surface area contributed by atoms with Gasteiger partial charge in [-0.05, 0) is 26.0 Å². The third-order valence-corrected chi connectivity index (χ3v) is 6.97. The first-order valence-electron chi connectivity index (χ1n) is 10.1. The Balaban J connectivity index is 1.65. The van der Waals surface area contributed by atoms with Crippen LogP contribution in [0.4, 0.5) is 0 Å². The van der Waals surface area contributed by atoms with Crippen LogP contribution in [0.15, 0.2) is 36.4 Å². The van der Waals surface area contributed by atoms with Gasteiger partial charge in [0.25, 0.3) is 0 Å². The Morgan fingerprint density at radius 3 is 1.77 bits per heavy atom. The molecule has 30 heavy (non-hydrogen) atoms. The standard InChI is InChI=1S/C24H24O6/c1-12(2)28-14-7-9-16-18(11-14)30-22(26)20-23(3)15-8-6-13(27-5)10-17(15)29-21(25)19(23)24(16,20)4/h6-12,19-20H,1-5H3. The van der Waals surface area contributed by atoms with Gasteiger partial charge in [0.15, 0.2) is 0 Å². The van der Waals surface area contributed by atoms with Crippen LogP contribution in [-0.2, 0) is 20.4 Å². The van der Waals surface area contributed by atoms with Gasteiger partial charge < -0.3 is 18.9 Å². The molecule has 0 N–H and O–H groups in total. The number of carbonyl (C=O) groups is 2. The quantitative estimate of drug-likeness (QED) is 0.569. The summed E-state index contributed by atoms with van der Waals surface area (Å²) in [4.78, 5) is 26.4. The second-order valence-corrected chi connectivity index (χ2v) is 8.96. The normalized spacial score (nSPS) is 30.7. The van der Waals surface area contributed by atoms with Gasteiger partial charge in [0.2, 0.25) is 0 Å². The maximum absolute atomic E-state index is 13.2. The summed E-state index contributed by atoms with van der Waals surface area (Å²) in [6.45, 7) is 7.79. The molecule has 1 saturated carbocycles. The van der Waals surface area contributed by atoms with Crippen LogP contribution in [0, 0.1) is 11.8 Å². The lowest BCUT2D eigenvalue weighted by atomic mass is 9.35. The highest BCUT2D eigenvalue weighted by Gasteiger charge is 2.77. The third kappa shape index (κ3) is 2.19. The second kappa shape index (κ2) is 6.00. The van der Waals surface area contributed by atoms with Crippen LogP contribution < -0.4 is 18.9 Å². The molecule has 2 heterocycles. The van der Waals surface area contributed by atoms with Crippen LogP contribution in [0.3, 0.4) is 0 Å². The van der Waals surface area contributed by atoms with Gasteiger partial charge in [0.05, 0.1) is 25.0 Å². The fourth-order valence-corrected chi connectivity index (χ4v) is 5.96. The van der Waals surface area contributed by atoms with Crippen molar-refractivity contribution in [3.05, 3.63) is 47.5 Å². The minimum absolute atomic E-state index is 0.000475. The van der Waals surface area contributed by atoms with Gasteiger partial charge >= 0.3 is 11.9 Å². The molecule has 0 bridgehead atoms. The molecule has 3 aliphatic rings. The topological polar surface area (TPSA) is 71.1 Å². The molecule has 0 saturated heterocycles. The minimum atomic E-state index is -0.718. The summed E-state index contributed by atoms with van der Waals surface area (Å²) in [6.07, 6.45) is -0.000475. The van der Waals surface area contributed by atoms with E-state index in [0.717, 1.165) is 11.1 Å². The van der Waals surface area contributed by atoms with E-state index in [9.17, 15) is 9.59 Å². The number of hydrogen-bond acceptors (Lipinski definition) is 6. The van der Waals surface area contributed by atoms with Crippen LogP contribution in [0.5, 0.6) is 23.0 Å². The van der Waals surface area contributed by atoms with Gasteiger partial charge in [0.1, 0.15) is 23.0 Å². The van der Waals surface area contributed by atoms with E-state index in [1.807, 2.05) is 52.0 Å². The van der Waals surface area contributed by atoms with Gasteiger partial charge in [-0.1, -0.05) is 26.0 Å². The zero-order valence-electron chi connectivity index (χ0n) is 17.6. The van der Waals surface area contributed by atoms with Gasteiger partial charge in [0, 0.05) is 34.1 Å². The lowest BCUT2D eigenvalue weighted by Crippen LogP contribution is -2.75. The van der Waals surface area contributed by atoms with E-state index >= 15 is 0 Å². The molecule has 2 aliphatic heterocycles. The zero-order chi connectivity index (χ0) is 21.4. The number of hydrogen-bond donors (Lipinski definition) is 0. The molecule has 1 fully saturated rings. The zero-order valence-corrected chi connectivity index (χ0v) is 17.6. The lowest BCUT2D eigenvalue weighted by molar-refractivity contribution is -0.184. The maximum atomic E-state index is 13.2. The summed E-state index contributed by atoms with van der Waals surface area (Å²) in [7, 11) is 1.56. The smallest absolute Gasteiger partial charge is 0.316 e. The van der Waals surface area contributed by atoms with E-state index in [4.69, 9.17) is 18.9 Å². The average Bonchev–Trinajstić information content (AvgIpc) is 2.65. The highest BCUT2D eigenvalue weighted by molar-refractivity contribution is 5.94. The molecule has 0 radical (unpaired) electrons. The number of esters is 2. The fourth-order valence-electron chi connectivity index (χ4n) is 5.96. The molecule has 1 aliphatic carbocycles. The molecule has 4 atom stereocenters. The predicted molar refractivity (Wildman–Crippen MR) is 108 cm³/mol. The van der Waals surface area contributed by atoms with Gasteiger partial charge in [-0.3, -0.25) is 9.59 Å². The van der Waals surface area contributed by atoms with Gasteiger partial charge in [-0.15, -0.1) is 0 Å². The molecule has 4 unspecified atom stereocenters. The first-order chi connectivity index (χ1) is 14.2. The first-order valence-corrected chi connectivity index (χ1v) is 10.1. The molecule has 6 nitrogen and oxygen atoms in total. The van der Waals surface area contributed by atoms with Crippen molar-refractivity contribution in [1.29, 1.82) is 0 Å². The van der Waals surface area contributed by atoms with Gasteiger partial charge in [-0.25, -0.2) is 0 Å². The Bertz CT molecular complexity index is 1080. The SMILES string of the molecule is COc1ccc2c(c1)OC(=O)C1C2(C)C2C(=O)Oc3cc(OC(C)C)ccc3C12C. The summed E-state index contributed by atoms with van der Waals surface area (Å²) < 4.78 is 22.5. The lowest BCUT2D eigenvalue weighted by Gasteiger charge is -2.66. The monoisotopic (exact) mass is 408 g/mol. The second-order valence-electron chi connectivity index (χ2n) is 8.96. The Labute approximate surface area is 175 Å². The van der Waals surface area contributed by atoms with Crippen LogP contribution in [0.25, 0.3) is 0 Å². The summed E-state index contributed by atoms with van der Waals surface area (Å²) in [5.74, 6) is 0.455.